The molecular weight excluding hydrogens is 362 g/mol. The van der Waals surface area contributed by atoms with Gasteiger partial charge in [-0.15, -0.1) is 0 Å². The lowest BCUT2D eigenvalue weighted by atomic mass is 10.0. The monoisotopic (exact) mass is 386 g/mol. The summed E-state index contributed by atoms with van der Waals surface area (Å²) in [5, 5.41) is 3.08. The number of nitrogens with zero attached hydrogens (tertiary/aromatic N) is 2. The van der Waals surface area contributed by atoms with Crippen molar-refractivity contribution in [2.24, 2.45) is 0 Å². The molecular formula is C24H24N3O2+. The summed E-state index contributed by atoms with van der Waals surface area (Å²) in [6.45, 7) is 6.10. The molecule has 2 heterocycles. The molecule has 1 aromatic heterocycles. The highest BCUT2D eigenvalue weighted by molar-refractivity contribution is 6.06. The maximum absolute atomic E-state index is 13.6. The van der Waals surface area contributed by atoms with Crippen LogP contribution in [0.4, 0.5) is 11.4 Å². The minimum Gasteiger partial charge on any atom is -0.323 e. The first-order valence-corrected chi connectivity index (χ1v) is 9.70. The first kappa shape index (κ1) is 18.9. The van der Waals surface area contributed by atoms with Gasteiger partial charge in [0.25, 0.3) is 11.8 Å². The number of aromatic nitrogens is 1. The third-order valence-electron chi connectivity index (χ3n) is 5.44. The second-order valence-electron chi connectivity index (χ2n) is 7.46. The van der Waals surface area contributed by atoms with Crippen molar-refractivity contribution in [1.29, 1.82) is 0 Å². The van der Waals surface area contributed by atoms with Crippen LogP contribution in [0.5, 0.6) is 0 Å². The molecule has 3 aromatic rings. The van der Waals surface area contributed by atoms with Crippen molar-refractivity contribution in [2.75, 3.05) is 10.2 Å². The van der Waals surface area contributed by atoms with Gasteiger partial charge in [0.2, 0.25) is 18.3 Å². The van der Waals surface area contributed by atoms with Crippen LogP contribution >= 0.6 is 0 Å². The summed E-state index contributed by atoms with van der Waals surface area (Å²) in [5.41, 5.74) is 5.28. The Balaban J connectivity index is 1.82. The van der Waals surface area contributed by atoms with Gasteiger partial charge in [-0.2, -0.15) is 4.57 Å². The lowest BCUT2D eigenvalue weighted by Gasteiger charge is -2.33. The topological polar surface area (TPSA) is 53.3 Å². The lowest BCUT2D eigenvalue weighted by molar-refractivity contribution is -0.695. The zero-order chi connectivity index (χ0) is 20.5. The summed E-state index contributed by atoms with van der Waals surface area (Å²) in [6.07, 6.45) is 1.85. The SMILES string of the molecule is Cc1ccccc1N1C(=O)C[n+]2ccccc2C1C(=O)Nc1c(C)cccc1C. The smallest absolute Gasteiger partial charge is 0.294 e. The Morgan fingerprint density at radius 3 is 2.31 bits per heavy atom. The Hall–Kier alpha value is -3.47. The van der Waals surface area contributed by atoms with Gasteiger partial charge in [0.15, 0.2) is 6.20 Å². The fourth-order valence-corrected chi connectivity index (χ4v) is 3.94. The molecule has 29 heavy (non-hydrogen) atoms. The summed E-state index contributed by atoms with van der Waals surface area (Å²) in [5.74, 6) is -0.330. The molecule has 0 radical (unpaired) electrons. The molecule has 1 N–H and O–H groups in total. The quantitative estimate of drug-likeness (QED) is 0.699. The Kier molecular flexibility index (Phi) is 4.89. The Morgan fingerprint density at radius 2 is 1.59 bits per heavy atom. The Labute approximate surface area is 170 Å². The zero-order valence-electron chi connectivity index (χ0n) is 16.8. The van der Waals surface area contributed by atoms with E-state index in [4.69, 9.17) is 0 Å². The summed E-state index contributed by atoms with van der Waals surface area (Å²) < 4.78 is 1.85. The van der Waals surface area contributed by atoms with Crippen LogP contribution in [0, 0.1) is 20.8 Å². The molecule has 1 aliphatic heterocycles. The van der Waals surface area contributed by atoms with Gasteiger partial charge >= 0.3 is 0 Å². The van der Waals surface area contributed by atoms with Crippen LogP contribution in [0.25, 0.3) is 0 Å². The number of para-hydroxylation sites is 2. The number of aryl methyl sites for hydroxylation is 3. The van der Waals surface area contributed by atoms with E-state index in [2.05, 4.69) is 5.32 Å². The molecule has 0 aliphatic carbocycles. The fraction of sp³-hybridized carbons (Fsp3) is 0.208. The third kappa shape index (κ3) is 3.40. The normalized spacial score (nSPS) is 15.8. The number of rotatable bonds is 3. The average molecular weight is 386 g/mol. The van der Waals surface area contributed by atoms with E-state index in [0.29, 0.717) is 0 Å². The number of amides is 2. The van der Waals surface area contributed by atoms with E-state index >= 15 is 0 Å². The molecule has 0 spiro atoms. The fourth-order valence-electron chi connectivity index (χ4n) is 3.94. The van der Waals surface area contributed by atoms with E-state index in [1.165, 1.54) is 0 Å². The largest absolute Gasteiger partial charge is 0.323 e. The standard InChI is InChI=1S/C24H23N3O2/c1-16-9-4-5-12-19(16)27-21(28)15-26-14-7-6-13-20(26)23(27)24(29)25-22-17(2)10-8-11-18(22)3/h4-14,23H,15H2,1-3H3/p+1. The average Bonchev–Trinajstić information content (AvgIpc) is 2.70. The Morgan fingerprint density at radius 1 is 0.931 bits per heavy atom. The molecule has 0 fully saturated rings. The van der Waals surface area contributed by atoms with Crippen LogP contribution in [0.1, 0.15) is 28.4 Å². The van der Waals surface area contributed by atoms with Crippen LogP contribution < -0.4 is 14.8 Å². The molecule has 1 atom stereocenters. The van der Waals surface area contributed by atoms with Gasteiger partial charge in [0, 0.05) is 23.5 Å². The van der Waals surface area contributed by atoms with Gasteiger partial charge in [0.05, 0.1) is 0 Å². The van der Waals surface area contributed by atoms with Crippen molar-refractivity contribution >= 4 is 23.2 Å². The molecule has 2 aromatic carbocycles. The highest BCUT2D eigenvalue weighted by atomic mass is 16.2. The predicted molar refractivity (Wildman–Crippen MR) is 113 cm³/mol. The summed E-state index contributed by atoms with van der Waals surface area (Å²) in [4.78, 5) is 28.3. The van der Waals surface area contributed by atoms with Gasteiger partial charge in [-0.1, -0.05) is 42.5 Å². The maximum Gasteiger partial charge on any atom is 0.294 e. The van der Waals surface area contributed by atoms with Crippen molar-refractivity contribution in [3.05, 3.63) is 89.2 Å². The zero-order valence-corrected chi connectivity index (χ0v) is 16.8. The number of anilines is 2. The predicted octanol–water partition coefficient (Wildman–Crippen LogP) is 3.63. The summed E-state index contributed by atoms with van der Waals surface area (Å²) in [6, 6.07) is 18.5. The first-order chi connectivity index (χ1) is 14.0. The van der Waals surface area contributed by atoms with E-state index in [0.717, 1.165) is 33.8 Å². The van der Waals surface area contributed by atoms with E-state index < -0.39 is 6.04 Å². The molecule has 146 valence electrons. The number of benzene rings is 2. The number of nitrogens with one attached hydrogen (secondary N) is 1. The van der Waals surface area contributed by atoms with Crippen LogP contribution in [-0.4, -0.2) is 11.8 Å². The van der Waals surface area contributed by atoms with Crippen molar-refractivity contribution in [3.8, 4) is 0 Å². The lowest BCUT2D eigenvalue weighted by Crippen LogP contribution is -2.58. The number of hydrogen-bond acceptors (Lipinski definition) is 2. The minimum atomic E-state index is -0.752. The third-order valence-corrected chi connectivity index (χ3v) is 5.44. The number of fused-ring (bicyclic) bond motifs is 1. The van der Waals surface area contributed by atoms with Gasteiger partial charge in [-0.25, -0.2) is 0 Å². The molecule has 4 rings (SSSR count). The minimum absolute atomic E-state index is 0.107. The molecule has 0 saturated carbocycles. The van der Waals surface area contributed by atoms with Crippen molar-refractivity contribution < 1.29 is 14.2 Å². The molecule has 5 nitrogen and oxygen atoms in total. The van der Waals surface area contributed by atoms with Gasteiger partial charge in [0.1, 0.15) is 0 Å². The van der Waals surface area contributed by atoms with Crippen LogP contribution in [0.3, 0.4) is 0 Å². The summed E-state index contributed by atoms with van der Waals surface area (Å²) >= 11 is 0. The number of pyridine rings is 1. The van der Waals surface area contributed by atoms with Crippen LogP contribution in [-0.2, 0) is 16.1 Å². The van der Waals surface area contributed by atoms with Crippen molar-refractivity contribution in [2.45, 2.75) is 33.4 Å². The van der Waals surface area contributed by atoms with Crippen LogP contribution in [0.2, 0.25) is 0 Å². The highest BCUT2D eigenvalue weighted by Crippen LogP contribution is 2.32. The van der Waals surface area contributed by atoms with E-state index in [-0.39, 0.29) is 18.4 Å². The number of hydrogen-bond donors (Lipinski definition) is 1. The second kappa shape index (κ2) is 7.51. The van der Waals surface area contributed by atoms with Gasteiger partial charge in [-0.05, 0) is 43.5 Å². The molecule has 5 heteroatoms. The first-order valence-electron chi connectivity index (χ1n) is 9.70. The molecule has 0 saturated heterocycles. The molecule has 1 unspecified atom stereocenters. The van der Waals surface area contributed by atoms with Crippen LogP contribution in [0.15, 0.2) is 66.9 Å². The molecule has 1 aliphatic rings. The van der Waals surface area contributed by atoms with E-state index in [1.807, 2.05) is 92.2 Å². The molecule has 0 bridgehead atoms. The molecule has 2 amide bonds. The Bertz CT molecular complexity index is 1090. The van der Waals surface area contributed by atoms with Crippen molar-refractivity contribution in [1.82, 2.24) is 0 Å². The van der Waals surface area contributed by atoms with Crippen molar-refractivity contribution in [3.63, 3.8) is 0 Å². The highest BCUT2D eigenvalue weighted by Gasteiger charge is 2.44. The summed E-state index contributed by atoms with van der Waals surface area (Å²) in [7, 11) is 0. The maximum atomic E-state index is 13.6. The number of carbonyl (C=O) groups is 2. The van der Waals surface area contributed by atoms with Gasteiger partial charge in [-0.3, -0.25) is 14.5 Å². The number of carbonyl (C=O) groups excluding carboxylic acids is 2. The second-order valence-corrected chi connectivity index (χ2v) is 7.46. The van der Waals surface area contributed by atoms with E-state index in [1.54, 1.807) is 4.90 Å². The van der Waals surface area contributed by atoms with Gasteiger partial charge < -0.3 is 5.32 Å². The van der Waals surface area contributed by atoms with E-state index in [9.17, 15) is 9.59 Å².